The number of carbonyl (C=O) groups is 1. The fraction of sp³-hybridized carbons (Fsp3) is 0.700. The van der Waals surface area contributed by atoms with Gasteiger partial charge in [0.05, 0.1) is 13.2 Å². The van der Waals surface area contributed by atoms with E-state index in [1.54, 1.807) is 0 Å². The smallest absolute Gasteiger partial charge is 0.325 e. The van der Waals surface area contributed by atoms with Crippen molar-refractivity contribution in [2.45, 2.75) is 30.8 Å². The van der Waals surface area contributed by atoms with Crippen molar-refractivity contribution in [3.63, 3.8) is 0 Å². The summed E-state index contributed by atoms with van der Waals surface area (Å²) < 4.78 is 19.0. The zero-order chi connectivity index (χ0) is 14.2. The minimum absolute atomic E-state index is 0.275. The van der Waals surface area contributed by atoms with Crippen LogP contribution in [0.2, 0.25) is 0 Å². The molecule has 2 amide bonds. The molecule has 2 aliphatic heterocycles. The lowest BCUT2D eigenvalue weighted by Crippen LogP contribution is -2.56. The molecule has 0 spiro atoms. The van der Waals surface area contributed by atoms with Gasteiger partial charge in [-0.25, -0.2) is 9.18 Å². The van der Waals surface area contributed by atoms with Crippen LogP contribution in [0.4, 0.5) is 9.18 Å². The summed E-state index contributed by atoms with van der Waals surface area (Å²) in [5, 5.41) is 29.8. The number of aliphatic hydroxyl groups excluding tert-OH is 3. The first-order valence-electron chi connectivity index (χ1n) is 5.74. The minimum Gasteiger partial charge on any atom is -0.394 e. The first kappa shape index (κ1) is 14.2. The molecule has 0 bridgehead atoms. The Morgan fingerprint density at radius 2 is 2.21 bits per heavy atom. The molecule has 2 rings (SSSR count). The normalized spacial score (nSPS) is 39.2. The molecule has 0 aromatic rings. The van der Waals surface area contributed by atoms with Gasteiger partial charge in [-0.3, -0.25) is 4.90 Å². The van der Waals surface area contributed by atoms with Gasteiger partial charge in [-0.2, -0.15) is 0 Å². The Hall–Kier alpha value is -1.26. The topological polar surface area (TPSA) is 128 Å². The van der Waals surface area contributed by atoms with Gasteiger partial charge in [-0.05, 0) is 0 Å². The lowest BCUT2D eigenvalue weighted by Gasteiger charge is -2.33. The molecule has 2 heterocycles. The first-order valence-corrected chi connectivity index (χ1v) is 5.74. The Bertz CT molecular complexity index is 393. The number of alkyl halides is 1. The maximum atomic E-state index is 13.9. The molecule has 1 saturated heterocycles. The third kappa shape index (κ3) is 2.42. The van der Waals surface area contributed by atoms with E-state index in [4.69, 9.17) is 20.7 Å². The van der Waals surface area contributed by atoms with E-state index >= 15 is 0 Å². The average molecular weight is 277 g/mol. The van der Waals surface area contributed by atoms with Crippen molar-refractivity contribution in [1.29, 1.82) is 0 Å². The number of urea groups is 1. The second-order valence-corrected chi connectivity index (χ2v) is 4.38. The van der Waals surface area contributed by atoms with Gasteiger partial charge >= 0.3 is 6.03 Å². The molecule has 9 heteroatoms. The molecule has 108 valence electrons. The lowest BCUT2D eigenvalue weighted by atomic mass is 10.1. The van der Waals surface area contributed by atoms with Gasteiger partial charge in [0.25, 0.3) is 0 Å². The van der Waals surface area contributed by atoms with Crippen molar-refractivity contribution < 1.29 is 29.2 Å². The molecule has 0 saturated carbocycles. The van der Waals surface area contributed by atoms with Crippen LogP contribution in [0, 0.1) is 0 Å². The van der Waals surface area contributed by atoms with E-state index in [0.717, 1.165) is 4.90 Å². The van der Waals surface area contributed by atoms with Gasteiger partial charge in [0.2, 0.25) is 0 Å². The third-order valence-corrected chi connectivity index (χ3v) is 3.15. The Balaban J connectivity index is 2.21. The lowest BCUT2D eigenvalue weighted by molar-refractivity contribution is -0.0594. The highest BCUT2D eigenvalue weighted by Crippen LogP contribution is 2.28. The minimum atomic E-state index is -1.87. The zero-order valence-corrected chi connectivity index (χ0v) is 9.94. The molecule has 0 aromatic carbocycles. The van der Waals surface area contributed by atoms with Crippen LogP contribution >= 0.6 is 0 Å². The molecule has 8 nitrogen and oxygen atoms in total. The number of carbonyl (C=O) groups excluding carboxylic acids is 1. The number of nitrogens with two attached hydrogens (primary N) is 1. The largest absolute Gasteiger partial charge is 0.394 e. The number of amides is 2. The van der Waals surface area contributed by atoms with Crippen LogP contribution < -0.4 is 11.1 Å². The summed E-state index contributed by atoms with van der Waals surface area (Å²) in [6, 6.07) is -0.705. The van der Waals surface area contributed by atoms with Gasteiger partial charge in [0.1, 0.15) is 18.4 Å². The predicted molar refractivity (Wildman–Crippen MR) is 60.2 cm³/mol. The molecular formula is C10H16FN3O5. The van der Waals surface area contributed by atoms with Crippen molar-refractivity contribution in [2.75, 3.05) is 13.2 Å². The maximum Gasteiger partial charge on any atom is 0.325 e. The Kier molecular flexibility index (Phi) is 4.02. The van der Waals surface area contributed by atoms with Crippen LogP contribution in [0.5, 0.6) is 0 Å². The number of rotatable bonds is 3. The maximum absolute atomic E-state index is 13.9. The number of hydrogen-bond donors (Lipinski definition) is 5. The van der Waals surface area contributed by atoms with Crippen molar-refractivity contribution in [1.82, 2.24) is 10.2 Å². The number of halogens is 1. The Morgan fingerprint density at radius 3 is 2.74 bits per heavy atom. The van der Waals surface area contributed by atoms with Gasteiger partial charge in [0.15, 0.2) is 12.4 Å². The highest BCUT2D eigenvalue weighted by Gasteiger charge is 2.48. The first-order chi connectivity index (χ1) is 8.99. The second kappa shape index (κ2) is 5.39. The van der Waals surface area contributed by atoms with E-state index in [1.165, 1.54) is 6.20 Å². The van der Waals surface area contributed by atoms with Crippen LogP contribution in [-0.4, -0.2) is 70.2 Å². The molecule has 6 N–H and O–H groups in total. The van der Waals surface area contributed by atoms with Gasteiger partial charge in [0, 0.05) is 11.8 Å². The predicted octanol–water partition coefficient (Wildman–Crippen LogP) is -2.41. The van der Waals surface area contributed by atoms with Crippen molar-refractivity contribution in [3.05, 3.63) is 11.8 Å². The summed E-state index contributed by atoms with van der Waals surface area (Å²) in [6.45, 7) is -0.975. The monoisotopic (exact) mass is 277 g/mol. The molecule has 0 radical (unpaired) electrons. The second-order valence-electron chi connectivity index (χ2n) is 4.38. The number of ether oxygens (including phenoxy) is 1. The number of nitrogens with zero attached hydrogens (tertiary/aromatic N) is 1. The van der Waals surface area contributed by atoms with Crippen LogP contribution in [0.15, 0.2) is 11.8 Å². The van der Waals surface area contributed by atoms with E-state index in [2.05, 4.69) is 5.32 Å². The zero-order valence-electron chi connectivity index (χ0n) is 9.94. The van der Waals surface area contributed by atoms with Gasteiger partial charge < -0.3 is 31.1 Å². The fourth-order valence-electron chi connectivity index (χ4n) is 2.02. The summed E-state index contributed by atoms with van der Waals surface area (Å²) in [7, 11) is 0. The highest BCUT2D eigenvalue weighted by atomic mass is 19.1. The van der Waals surface area contributed by atoms with Crippen LogP contribution in [0.25, 0.3) is 0 Å². The molecular weight excluding hydrogens is 261 g/mol. The van der Waals surface area contributed by atoms with Crippen LogP contribution in [-0.2, 0) is 4.74 Å². The summed E-state index contributed by atoms with van der Waals surface area (Å²) in [5.41, 5.74) is 5.82. The van der Waals surface area contributed by atoms with Crippen molar-refractivity contribution in [3.8, 4) is 0 Å². The van der Waals surface area contributed by atoms with Crippen molar-refractivity contribution in [2.24, 2.45) is 5.73 Å². The quantitative estimate of drug-likeness (QED) is 0.391. The van der Waals surface area contributed by atoms with E-state index in [9.17, 15) is 14.3 Å². The summed E-state index contributed by atoms with van der Waals surface area (Å²) in [4.78, 5) is 12.6. The molecule has 2 unspecified atom stereocenters. The Morgan fingerprint density at radius 1 is 1.53 bits per heavy atom. The molecule has 2 aliphatic rings. The van der Waals surface area contributed by atoms with Gasteiger partial charge in [-0.1, -0.05) is 0 Å². The van der Waals surface area contributed by atoms with Crippen molar-refractivity contribution >= 4 is 6.03 Å². The molecule has 19 heavy (non-hydrogen) atoms. The molecule has 0 aromatic heterocycles. The fourth-order valence-corrected chi connectivity index (χ4v) is 2.02. The van der Waals surface area contributed by atoms with Crippen LogP contribution in [0.1, 0.15) is 0 Å². The SMILES string of the molecule is NC1NC(=O)N([C@@H]2O[C@H](CO)C(O)[C@@H]2F)C=C1CO. The summed E-state index contributed by atoms with van der Waals surface area (Å²) >= 11 is 0. The number of nitrogens with one attached hydrogen (secondary N) is 1. The van der Waals surface area contributed by atoms with E-state index < -0.39 is 50.0 Å². The molecule has 0 aliphatic carbocycles. The Labute approximate surface area is 108 Å². The van der Waals surface area contributed by atoms with E-state index in [1.807, 2.05) is 0 Å². The number of hydrogen-bond acceptors (Lipinski definition) is 6. The summed E-state index contributed by atoms with van der Waals surface area (Å²) in [6.07, 6.45) is -5.53. The summed E-state index contributed by atoms with van der Waals surface area (Å²) in [5.74, 6) is 0. The van der Waals surface area contributed by atoms with E-state index in [0.29, 0.717) is 0 Å². The van der Waals surface area contributed by atoms with Crippen LogP contribution in [0.3, 0.4) is 0 Å². The average Bonchev–Trinajstić information content (AvgIpc) is 2.67. The highest BCUT2D eigenvalue weighted by molar-refractivity contribution is 5.78. The third-order valence-electron chi connectivity index (χ3n) is 3.15. The van der Waals surface area contributed by atoms with Gasteiger partial charge in [-0.15, -0.1) is 0 Å². The molecule has 1 fully saturated rings. The standard InChI is InChI=1S/C10H16FN3O5/c11-6-7(17)5(3-16)19-9(6)14-1-4(2-15)8(12)13-10(14)18/h1,5-9,15-17H,2-3,12H2,(H,13,18)/t5-,6+,7?,8?,9-/m1/s1. The van der Waals surface area contributed by atoms with E-state index in [-0.39, 0.29) is 5.57 Å². The number of aliphatic hydroxyl groups is 3. The molecule has 5 atom stereocenters.